The molecule has 0 aliphatic heterocycles. The lowest BCUT2D eigenvalue weighted by Gasteiger charge is -2.13. The molecule has 1 N–H and O–H groups in total. The normalized spacial score (nSPS) is 11.2. The molecule has 0 bridgehead atoms. The summed E-state index contributed by atoms with van der Waals surface area (Å²) in [6, 6.07) is 10.4. The largest absolute Gasteiger partial charge is 0.417 e. The van der Waals surface area contributed by atoms with Crippen LogP contribution in [0, 0.1) is 13.7 Å². The van der Waals surface area contributed by atoms with E-state index in [-0.39, 0.29) is 5.69 Å². The van der Waals surface area contributed by atoms with Gasteiger partial charge in [-0.15, -0.1) is 0 Å². The number of halogens is 4. The van der Waals surface area contributed by atoms with Gasteiger partial charge in [-0.1, -0.05) is 18.2 Å². The quantitative estimate of drug-likeness (QED) is 0.444. The highest BCUT2D eigenvalue weighted by atomic mass is 127. The molecular formula is C13H8F3IN2O2. The van der Waals surface area contributed by atoms with Gasteiger partial charge in [0, 0.05) is 5.69 Å². The molecular weight excluding hydrogens is 400 g/mol. The number of rotatable bonds is 3. The van der Waals surface area contributed by atoms with Crippen molar-refractivity contribution in [1.29, 1.82) is 0 Å². The van der Waals surface area contributed by atoms with Crippen LogP contribution < -0.4 is 5.32 Å². The van der Waals surface area contributed by atoms with E-state index in [0.717, 1.165) is 12.1 Å². The molecule has 0 aromatic heterocycles. The minimum atomic E-state index is -4.63. The number of benzene rings is 2. The van der Waals surface area contributed by atoms with Crippen LogP contribution in [0.4, 0.5) is 30.2 Å². The lowest BCUT2D eigenvalue weighted by molar-refractivity contribution is -0.385. The first-order valence-corrected chi connectivity index (χ1v) is 6.74. The zero-order chi connectivity index (χ0) is 15.6. The van der Waals surface area contributed by atoms with Crippen molar-refractivity contribution in [3.63, 3.8) is 0 Å². The fourth-order valence-corrected chi connectivity index (χ4v) is 2.71. The van der Waals surface area contributed by atoms with Crippen molar-refractivity contribution in [3.8, 4) is 0 Å². The van der Waals surface area contributed by atoms with E-state index in [1.807, 2.05) is 0 Å². The van der Waals surface area contributed by atoms with E-state index >= 15 is 0 Å². The molecule has 4 nitrogen and oxygen atoms in total. The first-order valence-electron chi connectivity index (χ1n) is 5.67. The first kappa shape index (κ1) is 15.5. The number of nitrogens with one attached hydrogen (secondary N) is 1. The fourth-order valence-electron chi connectivity index (χ4n) is 1.74. The predicted octanol–water partition coefficient (Wildman–Crippen LogP) is 4.96. The van der Waals surface area contributed by atoms with E-state index in [1.54, 1.807) is 30.3 Å². The second-order valence-electron chi connectivity index (χ2n) is 4.07. The van der Waals surface area contributed by atoms with Gasteiger partial charge in [-0.2, -0.15) is 13.2 Å². The van der Waals surface area contributed by atoms with Gasteiger partial charge < -0.3 is 5.32 Å². The van der Waals surface area contributed by atoms with Gasteiger partial charge in [0.05, 0.1) is 10.5 Å². The van der Waals surface area contributed by atoms with Crippen molar-refractivity contribution >= 4 is 39.7 Å². The van der Waals surface area contributed by atoms with Crippen LogP contribution in [0.2, 0.25) is 0 Å². The van der Waals surface area contributed by atoms with Crippen LogP contribution in [-0.2, 0) is 6.18 Å². The highest BCUT2D eigenvalue weighted by molar-refractivity contribution is 14.1. The van der Waals surface area contributed by atoms with Crippen LogP contribution in [-0.4, -0.2) is 4.92 Å². The van der Waals surface area contributed by atoms with Crippen molar-refractivity contribution in [1.82, 2.24) is 0 Å². The molecule has 0 aliphatic carbocycles. The van der Waals surface area contributed by atoms with Crippen LogP contribution in [0.15, 0.2) is 42.5 Å². The number of hydrogen-bond acceptors (Lipinski definition) is 3. The summed E-state index contributed by atoms with van der Waals surface area (Å²) in [5.41, 5.74) is -1.04. The van der Waals surface area contributed by atoms with Gasteiger partial charge in [-0.3, -0.25) is 10.1 Å². The number of anilines is 2. The average Bonchev–Trinajstić information content (AvgIpc) is 2.38. The van der Waals surface area contributed by atoms with E-state index in [1.165, 1.54) is 22.6 Å². The van der Waals surface area contributed by atoms with Crippen molar-refractivity contribution < 1.29 is 18.1 Å². The van der Waals surface area contributed by atoms with Gasteiger partial charge in [0.2, 0.25) is 0 Å². The highest BCUT2D eigenvalue weighted by Gasteiger charge is 2.37. The third-order valence-corrected chi connectivity index (χ3v) is 3.75. The minimum absolute atomic E-state index is 0.0172. The Morgan fingerprint density at radius 2 is 1.71 bits per heavy atom. The summed E-state index contributed by atoms with van der Waals surface area (Å²) in [4.78, 5) is 10.3. The molecule has 8 heteroatoms. The van der Waals surface area contributed by atoms with Crippen LogP contribution >= 0.6 is 22.6 Å². The summed E-state index contributed by atoms with van der Waals surface area (Å²) in [7, 11) is 0. The lowest BCUT2D eigenvalue weighted by Crippen LogP contribution is -2.10. The molecule has 110 valence electrons. The molecule has 0 saturated carbocycles. The Labute approximate surface area is 131 Å². The summed E-state index contributed by atoms with van der Waals surface area (Å²) in [5.74, 6) is 0. The second-order valence-corrected chi connectivity index (χ2v) is 5.15. The molecule has 0 unspecified atom stereocenters. The van der Waals surface area contributed by atoms with E-state index in [4.69, 9.17) is 0 Å². The third kappa shape index (κ3) is 3.43. The van der Waals surface area contributed by atoms with Crippen LogP contribution in [0.3, 0.4) is 0 Å². The molecule has 0 amide bonds. The van der Waals surface area contributed by atoms with Gasteiger partial charge in [0.25, 0.3) is 0 Å². The van der Waals surface area contributed by atoms with Gasteiger partial charge >= 0.3 is 11.9 Å². The van der Waals surface area contributed by atoms with Crippen molar-refractivity contribution in [3.05, 3.63) is 61.7 Å². The summed E-state index contributed by atoms with van der Waals surface area (Å²) in [6.07, 6.45) is -4.63. The number of nitrogens with zero attached hydrogens (tertiary/aromatic N) is 1. The Bertz CT molecular complexity index is 675. The fraction of sp³-hybridized carbons (Fsp3) is 0.0769. The maximum atomic E-state index is 12.8. The average molecular weight is 408 g/mol. The predicted molar refractivity (Wildman–Crippen MR) is 80.5 cm³/mol. The van der Waals surface area contributed by atoms with Gasteiger partial charge in [0.15, 0.2) is 0 Å². The van der Waals surface area contributed by atoms with Crippen molar-refractivity contribution in [2.45, 2.75) is 6.18 Å². The standard InChI is InChI=1S/C13H8F3IN2O2/c14-13(15,16)9-6-7-10(12(11(9)17)19(20)21)18-8-4-2-1-3-5-8/h1-7,18H. The molecule has 0 radical (unpaired) electrons. The van der Waals surface area contributed by atoms with Gasteiger partial charge in [0.1, 0.15) is 9.26 Å². The summed E-state index contributed by atoms with van der Waals surface area (Å²) < 4.78 is 38.0. The summed E-state index contributed by atoms with van der Waals surface area (Å²) in [6.45, 7) is 0. The molecule has 21 heavy (non-hydrogen) atoms. The number of hydrogen-bond donors (Lipinski definition) is 1. The van der Waals surface area contributed by atoms with Crippen molar-refractivity contribution in [2.75, 3.05) is 5.32 Å². The maximum Gasteiger partial charge on any atom is 0.417 e. The number of alkyl halides is 3. The molecule has 2 aromatic carbocycles. The Morgan fingerprint density at radius 1 is 1.10 bits per heavy atom. The van der Waals surface area contributed by atoms with Crippen LogP contribution in [0.25, 0.3) is 0 Å². The van der Waals surface area contributed by atoms with E-state index in [9.17, 15) is 23.3 Å². The lowest BCUT2D eigenvalue weighted by atomic mass is 10.1. The Hall–Kier alpha value is -1.84. The SMILES string of the molecule is O=[N+]([O-])c1c(Nc2ccccc2)ccc(C(F)(F)F)c1I. The first-order chi connectivity index (χ1) is 9.80. The zero-order valence-corrected chi connectivity index (χ0v) is 12.5. The van der Waals surface area contributed by atoms with Gasteiger partial charge in [-0.05, 0) is 46.9 Å². The van der Waals surface area contributed by atoms with E-state index in [2.05, 4.69) is 5.32 Å². The molecule has 0 saturated heterocycles. The molecule has 0 atom stereocenters. The molecule has 2 rings (SSSR count). The molecule has 0 aliphatic rings. The van der Waals surface area contributed by atoms with Crippen LogP contribution in [0.5, 0.6) is 0 Å². The maximum absolute atomic E-state index is 12.8. The van der Waals surface area contributed by atoms with Gasteiger partial charge in [-0.25, -0.2) is 0 Å². The summed E-state index contributed by atoms with van der Waals surface area (Å²) in [5, 5.41) is 13.9. The molecule has 0 spiro atoms. The topological polar surface area (TPSA) is 55.2 Å². The Morgan fingerprint density at radius 3 is 2.24 bits per heavy atom. The minimum Gasteiger partial charge on any atom is -0.350 e. The highest BCUT2D eigenvalue weighted by Crippen LogP contribution is 2.41. The number of nitro groups is 1. The number of para-hydroxylation sites is 1. The monoisotopic (exact) mass is 408 g/mol. The molecule has 0 heterocycles. The van der Waals surface area contributed by atoms with Crippen molar-refractivity contribution in [2.24, 2.45) is 0 Å². The summed E-state index contributed by atoms with van der Waals surface area (Å²) >= 11 is 1.35. The Kier molecular flexibility index (Phi) is 4.35. The molecule has 2 aromatic rings. The molecule has 0 fully saturated rings. The van der Waals surface area contributed by atoms with E-state index < -0.39 is 25.9 Å². The van der Waals surface area contributed by atoms with E-state index in [0.29, 0.717) is 5.69 Å². The number of nitro benzene ring substituents is 1. The Balaban J connectivity index is 2.53. The third-order valence-electron chi connectivity index (χ3n) is 2.66. The van der Waals surface area contributed by atoms with Crippen LogP contribution in [0.1, 0.15) is 5.56 Å². The second kappa shape index (κ2) is 5.88. The zero-order valence-electron chi connectivity index (χ0n) is 10.3. The smallest absolute Gasteiger partial charge is 0.350 e.